The number of nitrogens with one attached hydrogen (secondary N) is 3. The van der Waals surface area contributed by atoms with Gasteiger partial charge in [0.2, 0.25) is 5.95 Å². The Morgan fingerprint density at radius 3 is 2.81 bits per heavy atom. The summed E-state index contributed by atoms with van der Waals surface area (Å²) >= 11 is 6.36. The maximum atomic E-state index is 12.1. The first-order valence-corrected chi connectivity index (χ1v) is 11.1. The Bertz CT molecular complexity index is 1060. The molecule has 32 heavy (non-hydrogen) atoms. The number of benzene rings is 1. The topological polar surface area (TPSA) is 98.3 Å². The zero-order valence-electron chi connectivity index (χ0n) is 18.1. The Labute approximate surface area is 192 Å². The molecule has 0 bridgehead atoms. The van der Waals surface area contributed by atoms with E-state index >= 15 is 0 Å². The zero-order valence-corrected chi connectivity index (χ0v) is 18.9. The van der Waals surface area contributed by atoms with E-state index in [0.717, 1.165) is 24.2 Å². The van der Waals surface area contributed by atoms with Crippen molar-refractivity contribution in [2.45, 2.75) is 19.3 Å². The molecule has 2 amide bonds. The number of hydrogen-bond acceptors (Lipinski definition) is 7. The summed E-state index contributed by atoms with van der Waals surface area (Å²) in [6.07, 6.45) is 1.74. The number of anilines is 3. The molecule has 0 radical (unpaired) electrons. The van der Waals surface area contributed by atoms with Crippen molar-refractivity contribution >= 4 is 46.1 Å². The van der Waals surface area contributed by atoms with Gasteiger partial charge in [0, 0.05) is 37.8 Å². The molecule has 4 rings (SSSR count). The standard InChI is InChI=1S/C22H27ClN8O/c1-15(2)12-26-22(32)28-19-9-8-16-13-25-21(29-20(16)27-19)31(17-6-4-3-5-7-17)30-11-10-24-18(23)14-30/h3-9,13,15,18,24H,10-12,14H2,1-2H3,(H2,25,26,27,28,29,32). The largest absolute Gasteiger partial charge is 0.338 e. The number of hydrazine groups is 1. The summed E-state index contributed by atoms with van der Waals surface area (Å²) in [4.78, 5) is 26.0. The first-order valence-electron chi connectivity index (χ1n) is 10.7. The first-order chi connectivity index (χ1) is 15.5. The molecular weight excluding hydrogens is 428 g/mol. The zero-order chi connectivity index (χ0) is 22.5. The lowest BCUT2D eigenvalue weighted by atomic mass is 10.2. The van der Waals surface area contributed by atoms with Crippen molar-refractivity contribution < 1.29 is 4.79 Å². The van der Waals surface area contributed by atoms with Gasteiger partial charge in [-0.1, -0.05) is 32.0 Å². The number of carbonyl (C=O) groups is 1. The molecule has 0 aliphatic carbocycles. The van der Waals surface area contributed by atoms with Crippen molar-refractivity contribution in [3.63, 3.8) is 0 Å². The summed E-state index contributed by atoms with van der Waals surface area (Å²) in [6.45, 7) is 6.77. The number of piperazine rings is 1. The van der Waals surface area contributed by atoms with Crippen LogP contribution in [0.5, 0.6) is 0 Å². The molecule has 0 spiro atoms. The Balaban J connectivity index is 1.64. The number of fused-ring (bicyclic) bond motifs is 1. The quantitative estimate of drug-likeness (QED) is 0.388. The average molecular weight is 455 g/mol. The van der Waals surface area contributed by atoms with Gasteiger partial charge in [-0.2, -0.15) is 4.98 Å². The molecule has 168 valence electrons. The Kier molecular flexibility index (Phi) is 6.99. The number of halogens is 1. The van der Waals surface area contributed by atoms with Gasteiger partial charge in [-0.3, -0.25) is 10.6 Å². The number of carbonyl (C=O) groups excluding carboxylic acids is 1. The number of rotatable bonds is 6. The van der Waals surface area contributed by atoms with Crippen LogP contribution in [0.1, 0.15) is 13.8 Å². The van der Waals surface area contributed by atoms with Crippen LogP contribution in [0.15, 0.2) is 48.7 Å². The molecular formula is C22H27ClN8O. The van der Waals surface area contributed by atoms with Gasteiger partial charge in [0.15, 0.2) is 5.65 Å². The number of pyridine rings is 1. The number of urea groups is 1. The van der Waals surface area contributed by atoms with Crippen LogP contribution in [-0.4, -0.2) is 57.7 Å². The van der Waals surface area contributed by atoms with Crippen molar-refractivity contribution in [3.8, 4) is 0 Å². The van der Waals surface area contributed by atoms with Crippen molar-refractivity contribution in [3.05, 3.63) is 48.7 Å². The lowest BCUT2D eigenvalue weighted by Gasteiger charge is -2.39. The van der Waals surface area contributed by atoms with E-state index in [1.54, 1.807) is 12.3 Å². The Morgan fingerprint density at radius 1 is 1.25 bits per heavy atom. The third-order valence-corrected chi connectivity index (χ3v) is 5.21. The van der Waals surface area contributed by atoms with Crippen molar-refractivity contribution in [1.29, 1.82) is 0 Å². The van der Waals surface area contributed by atoms with Crippen LogP contribution in [0.2, 0.25) is 0 Å². The molecule has 1 aromatic carbocycles. The van der Waals surface area contributed by atoms with Crippen LogP contribution in [0.3, 0.4) is 0 Å². The van der Waals surface area contributed by atoms with Crippen molar-refractivity contribution in [2.24, 2.45) is 5.92 Å². The summed E-state index contributed by atoms with van der Waals surface area (Å²) in [5, 5.41) is 13.7. The van der Waals surface area contributed by atoms with E-state index in [1.165, 1.54) is 0 Å². The van der Waals surface area contributed by atoms with Gasteiger partial charge in [0.1, 0.15) is 5.82 Å². The fraction of sp³-hybridized carbons (Fsp3) is 0.364. The number of alkyl halides is 1. The minimum absolute atomic E-state index is 0.173. The van der Waals surface area contributed by atoms with E-state index < -0.39 is 0 Å². The third kappa shape index (κ3) is 5.42. The van der Waals surface area contributed by atoms with Gasteiger partial charge < -0.3 is 5.32 Å². The molecule has 1 atom stereocenters. The summed E-state index contributed by atoms with van der Waals surface area (Å²) in [5.74, 6) is 1.28. The highest BCUT2D eigenvalue weighted by molar-refractivity contribution is 6.20. The van der Waals surface area contributed by atoms with Crippen LogP contribution < -0.4 is 21.0 Å². The summed E-state index contributed by atoms with van der Waals surface area (Å²) < 4.78 is 0. The molecule has 1 saturated heterocycles. The number of aromatic nitrogens is 3. The van der Waals surface area contributed by atoms with E-state index in [4.69, 9.17) is 16.6 Å². The van der Waals surface area contributed by atoms with E-state index in [2.05, 4.69) is 30.9 Å². The fourth-order valence-corrected chi connectivity index (χ4v) is 3.64. The molecule has 3 aromatic rings. The average Bonchev–Trinajstić information content (AvgIpc) is 2.78. The second kappa shape index (κ2) is 10.1. The predicted molar refractivity (Wildman–Crippen MR) is 127 cm³/mol. The lowest BCUT2D eigenvalue weighted by molar-refractivity contribution is 0.228. The maximum absolute atomic E-state index is 12.1. The molecule has 9 nitrogen and oxygen atoms in total. The van der Waals surface area contributed by atoms with Gasteiger partial charge >= 0.3 is 6.03 Å². The normalized spacial score (nSPS) is 16.8. The number of amides is 2. The number of hydrogen-bond donors (Lipinski definition) is 3. The molecule has 0 saturated carbocycles. The molecule has 1 aliphatic heterocycles. The molecule has 1 fully saturated rings. The second-order valence-corrected chi connectivity index (χ2v) is 8.52. The van der Waals surface area contributed by atoms with Crippen LogP contribution in [0.25, 0.3) is 11.0 Å². The molecule has 3 N–H and O–H groups in total. The van der Waals surface area contributed by atoms with Crippen LogP contribution in [0.4, 0.5) is 22.2 Å². The van der Waals surface area contributed by atoms with Gasteiger partial charge in [-0.25, -0.2) is 24.8 Å². The molecule has 2 aromatic heterocycles. The van der Waals surface area contributed by atoms with E-state index in [1.807, 2.05) is 55.3 Å². The minimum atomic E-state index is -0.292. The maximum Gasteiger partial charge on any atom is 0.320 e. The third-order valence-electron chi connectivity index (χ3n) is 4.92. The molecule has 1 aliphatic rings. The number of nitrogens with zero attached hydrogens (tertiary/aromatic N) is 5. The van der Waals surface area contributed by atoms with Crippen molar-refractivity contribution in [1.82, 2.24) is 30.6 Å². The summed E-state index contributed by atoms with van der Waals surface area (Å²) in [7, 11) is 0. The molecule has 10 heteroatoms. The smallest absolute Gasteiger partial charge is 0.320 e. The lowest BCUT2D eigenvalue weighted by Crippen LogP contribution is -2.54. The van der Waals surface area contributed by atoms with E-state index in [9.17, 15) is 4.79 Å². The van der Waals surface area contributed by atoms with E-state index in [0.29, 0.717) is 36.4 Å². The summed E-state index contributed by atoms with van der Waals surface area (Å²) in [6, 6.07) is 13.2. The van der Waals surface area contributed by atoms with Gasteiger partial charge in [0.25, 0.3) is 0 Å². The second-order valence-electron chi connectivity index (χ2n) is 7.99. The SMILES string of the molecule is CC(C)CNC(=O)Nc1ccc2cnc(N(c3ccccc3)N3CCNC(Cl)C3)nc2n1. The van der Waals surface area contributed by atoms with Crippen LogP contribution in [0, 0.1) is 5.92 Å². The Hall–Kier alpha value is -3.01. The fourth-order valence-electron chi connectivity index (χ4n) is 3.38. The Morgan fingerprint density at radius 2 is 2.06 bits per heavy atom. The van der Waals surface area contributed by atoms with Crippen LogP contribution in [-0.2, 0) is 0 Å². The highest BCUT2D eigenvalue weighted by atomic mass is 35.5. The van der Waals surface area contributed by atoms with Crippen molar-refractivity contribution in [2.75, 3.05) is 36.5 Å². The number of para-hydroxylation sites is 1. The minimum Gasteiger partial charge on any atom is -0.338 e. The summed E-state index contributed by atoms with van der Waals surface area (Å²) in [5.41, 5.74) is 1.25. The van der Waals surface area contributed by atoms with Gasteiger partial charge in [-0.15, -0.1) is 11.6 Å². The predicted octanol–water partition coefficient (Wildman–Crippen LogP) is 3.33. The molecule has 3 heterocycles. The van der Waals surface area contributed by atoms with Gasteiger partial charge in [-0.05, 0) is 30.2 Å². The highest BCUT2D eigenvalue weighted by Crippen LogP contribution is 2.26. The monoisotopic (exact) mass is 454 g/mol. The first kappa shape index (κ1) is 22.2. The van der Waals surface area contributed by atoms with Gasteiger partial charge in [0.05, 0.1) is 11.2 Å². The van der Waals surface area contributed by atoms with Crippen LogP contribution >= 0.6 is 11.6 Å². The van der Waals surface area contributed by atoms with E-state index in [-0.39, 0.29) is 11.5 Å². The highest BCUT2D eigenvalue weighted by Gasteiger charge is 2.26. The molecule has 1 unspecified atom stereocenters.